The fourth-order valence-electron chi connectivity index (χ4n) is 9.81. The molecule has 10 N–H and O–H groups in total. The van der Waals surface area contributed by atoms with Crippen LogP contribution < -0.4 is 53.2 Å². The maximum absolute atomic E-state index is 11.9. The lowest BCUT2D eigenvalue weighted by Gasteiger charge is -2.33. The number of hydrogen-bond donors (Lipinski definition) is 10. The molecule has 147 heavy (non-hydrogen) atoms. The number of ether oxygens (including phenoxy) is 33. The summed E-state index contributed by atoms with van der Waals surface area (Å²) in [5.74, 6) is -3.60. The molecule has 0 saturated heterocycles. The molecule has 0 atom stereocenters. The van der Waals surface area contributed by atoms with Crippen LogP contribution in [0.2, 0.25) is 0 Å². The fourth-order valence-corrected chi connectivity index (χ4v) is 9.81. The molecule has 0 aliphatic rings. The smallest absolute Gasteiger partial charge is 0.325 e. The summed E-state index contributed by atoms with van der Waals surface area (Å²) in [5.41, 5.74) is -0.664. The second kappa shape index (κ2) is 140. The van der Waals surface area contributed by atoms with E-state index in [-0.39, 0.29) is 117 Å². The van der Waals surface area contributed by atoms with Gasteiger partial charge in [-0.15, -0.1) is 0 Å². The van der Waals surface area contributed by atoms with E-state index in [1.165, 1.54) is 28.4 Å². The molecule has 0 spiro atoms. The lowest BCUT2D eigenvalue weighted by Crippen LogP contribution is -2.43. The van der Waals surface area contributed by atoms with Gasteiger partial charge < -0.3 is 209 Å². The Kier molecular flexibility index (Phi) is 147. The van der Waals surface area contributed by atoms with Crippen molar-refractivity contribution in [2.24, 2.45) is 11.3 Å². The van der Waals surface area contributed by atoms with Gasteiger partial charge >= 0.3 is 23.9 Å². The van der Waals surface area contributed by atoms with Crippen LogP contribution in [0.1, 0.15) is 53.4 Å². The summed E-state index contributed by atoms with van der Waals surface area (Å²) in [6.45, 7) is 38.3. The molecule has 0 aromatic heterocycles. The van der Waals surface area contributed by atoms with Gasteiger partial charge in [-0.3, -0.25) is 38.4 Å². The summed E-state index contributed by atoms with van der Waals surface area (Å²) in [6, 6.07) is 0. The molecular weight excluding hydrogens is 1950 g/mol. The van der Waals surface area contributed by atoms with Crippen LogP contribution in [-0.4, -0.2) is 568 Å². The predicted octanol–water partition coefficient (Wildman–Crippen LogP) is -2.01. The zero-order valence-corrected chi connectivity index (χ0v) is 92.6. The van der Waals surface area contributed by atoms with Gasteiger partial charge in [0.1, 0.15) is 52.6 Å². The summed E-state index contributed by atoms with van der Waals surface area (Å²) in [7, 11) is 20.2. The topological polar surface area (TPSA) is 561 Å². The molecule has 0 fully saturated rings. The van der Waals surface area contributed by atoms with Gasteiger partial charge in [0.2, 0.25) is 23.6 Å². The van der Waals surface area contributed by atoms with Gasteiger partial charge in [0.05, 0.1) is 292 Å². The highest BCUT2D eigenvalue weighted by atomic mass is 16.6. The number of amides is 4. The lowest BCUT2D eigenvalue weighted by molar-refractivity contribution is -0.142. The van der Waals surface area contributed by atoms with Crippen molar-refractivity contribution < 1.29 is 195 Å². The van der Waals surface area contributed by atoms with Crippen molar-refractivity contribution in [3.05, 3.63) is 0 Å². The van der Waals surface area contributed by atoms with Gasteiger partial charge in [-0.25, -0.2) is 0 Å². The first-order chi connectivity index (χ1) is 71.8. The Morgan fingerprint density at radius 1 is 0.197 bits per heavy atom. The quantitative estimate of drug-likeness (QED) is 0.0179. The van der Waals surface area contributed by atoms with E-state index in [2.05, 4.69) is 92.9 Å². The zero-order chi connectivity index (χ0) is 110. The highest BCUT2D eigenvalue weighted by molar-refractivity contribution is 5.84. The van der Waals surface area contributed by atoms with Crippen LogP contribution in [0.3, 0.4) is 0 Å². The largest absolute Gasteiger partial charge is 0.468 e. The van der Waals surface area contributed by atoms with E-state index in [9.17, 15) is 38.4 Å². The van der Waals surface area contributed by atoms with Gasteiger partial charge in [0.15, 0.2) is 0 Å². The minimum atomic E-state index is -0.664. The van der Waals surface area contributed by atoms with Crippen LogP contribution >= 0.6 is 0 Å². The van der Waals surface area contributed by atoms with Gasteiger partial charge in [-0.1, -0.05) is 20.8 Å². The number of nitrogens with one attached hydrogen (secondary N) is 10. The Morgan fingerprint density at radius 3 is 0.558 bits per heavy atom. The van der Waals surface area contributed by atoms with Crippen molar-refractivity contribution in [1.82, 2.24) is 53.2 Å². The van der Waals surface area contributed by atoms with Crippen LogP contribution in [0.5, 0.6) is 0 Å². The second-order valence-corrected chi connectivity index (χ2v) is 30.3. The van der Waals surface area contributed by atoms with Gasteiger partial charge in [-0.05, 0) is 32.6 Å². The maximum Gasteiger partial charge on any atom is 0.325 e. The van der Waals surface area contributed by atoms with E-state index in [1.54, 1.807) is 64.0 Å². The van der Waals surface area contributed by atoms with E-state index < -0.39 is 41.1 Å². The van der Waals surface area contributed by atoms with E-state index in [4.69, 9.17) is 137 Å². The molecule has 51 heteroatoms. The molecule has 0 unspecified atom stereocenters. The summed E-state index contributed by atoms with van der Waals surface area (Å²) >= 11 is 0. The summed E-state index contributed by atoms with van der Waals surface area (Å²) in [6.07, 6.45) is 4.14. The zero-order valence-electron chi connectivity index (χ0n) is 92.6. The van der Waals surface area contributed by atoms with Gasteiger partial charge in [-0.2, -0.15) is 0 Å². The Bertz CT molecular complexity index is 2540. The summed E-state index contributed by atoms with van der Waals surface area (Å²) in [4.78, 5) is 89.5. The number of hydrogen-bond acceptors (Lipinski definition) is 47. The molecule has 4 amide bonds. The first-order valence-corrected chi connectivity index (χ1v) is 50.4. The van der Waals surface area contributed by atoms with Crippen molar-refractivity contribution in [2.75, 3.05) is 521 Å². The Balaban J connectivity index is -0.000000358. The van der Waals surface area contributed by atoms with E-state index in [1.807, 2.05) is 6.92 Å². The van der Waals surface area contributed by atoms with Crippen LogP contribution in [0, 0.1) is 11.3 Å². The SMILES string of the molecule is CCCOC.CCCOC.CCCOC.CCOCCOCC(=O)NCC(=O)OC.COCCNCCOCCOCC(COCCOCCNCCOC)(COCCOCCNCCOC)COCCOCC(=O)NCC(=O)OC.COCCNCCOCCOCC(COCCOCCNCCOC)COCCOCC(=O)NCC(=O)OC.COCCNCCOCCOCCCOCCOCC(=O)NCC(=O)OC. The highest BCUT2D eigenvalue weighted by Gasteiger charge is 2.33. The van der Waals surface area contributed by atoms with Crippen molar-refractivity contribution in [1.29, 1.82) is 0 Å². The summed E-state index contributed by atoms with van der Waals surface area (Å²) < 4.78 is 173. The number of carbonyl (C=O) groups is 8. The minimum absolute atomic E-state index is 0.0137. The second-order valence-electron chi connectivity index (χ2n) is 30.3. The third-order valence-corrected chi connectivity index (χ3v) is 17.4. The van der Waals surface area contributed by atoms with E-state index in [0.717, 1.165) is 104 Å². The molecule has 0 heterocycles. The van der Waals surface area contributed by atoms with Crippen molar-refractivity contribution in [3.63, 3.8) is 0 Å². The first-order valence-electron chi connectivity index (χ1n) is 50.4. The maximum atomic E-state index is 11.9. The Labute approximate surface area is 877 Å². The molecule has 0 saturated carbocycles. The first kappa shape index (κ1) is 154. The van der Waals surface area contributed by atoms with Crippen molar-refractivity contribution >= 4 is 47.5 Å². The van der Waals surface area contributed by atoms with Crippen LogP contribution in [0.25, 0.3) is 0 Å². The van der Waals surface area contributed by atoms with Crippen molar-refractivity contribution in [3.8, 4) is 0 Å². The van der Waals surface area contributed by atoms with Crippen LogP contribution in [0.4, 0.5) is 0 Å². The molecule has 0 aliphatic carbocycles. The molecule has 0 aliphatic heterocycles. The van der Waals surface area contributed by atoms with Crippen LogP contribution in [-0.2, 0) is 195 Å². The molecule has 880 valence electrons. The fraction of sp³-hybridized carbons (Fsp3) is 0.917. The molecule has 0 rings (SSSR count). The summed E-state index contributed by atoms with van der Waals surface area (Å²) in [5, 5.41) is 28.9. The number of methoxy groups -OCH3 is 13. The highest BCUT2D eigenvalue weighted by Crippen LogP contribution is 2.21. The number of carbonyl (C=O) groups excluding carboxylic acids is 8. The van der Waals surface area contributed by atoms with Gasteiger partial charge in [0.25, 0.3) is 0 Å². The third kappa shape index (κ3) is 145. The average molecular weight is 2150 g/mol. The van der Waals surface area contributed by atoms with E-state index >= 15 is 0 Å². The average Bonchev–Trinajstić information content (AvgIpc) is 0.866. The molecule has 0 aromatic carbocycles. The number of rotatable bonds is 107. The van der Waals surface area contributed by atoms with Crippen LogP contribution in [0.15, 0.2) is 0 Å². The molecule has 0 radical (unpaired) electrons. The lowest BCUT2D eigenvalue weighted by atomic mass is 9.92. The predicted molar refractivity (Wildman–Crippen MR) is 548 cm³/mol. The van der Waals surface area contributed by atoms with Crippen molar-refractivity contribution in [2.45, 2.75) is 53.4 Å². The number of esters is 4. The van der Waals surface area contributed by atoms with Gasteiger partial charge in [0, 0.05) is 188 Å². The Morgan fingerprint density at radius 2 is 0.374 bits per heavy atom. The normalized spacial score (nSPS) is 10.9. The molecular formula is C96H200N10O41. The monoisotopic (exact) mass is 2150 g/mol. The molecule has 0 aromatic rings. The third-order valence-electron chi connectivity index (χ3n) is 17.4. The molecule has 0 bridgehead atoms. The standard InChI is InChI=1S/C33H68N4O14.C25H51N3O11.C17H34N2O8.C9H17NO5.3C4H10O/c1-40-11-5-34-8-14-44-17-21-48-27-33(28-49-22-18-45-15-9-35-6-12-41-2,29-50-23-19-46-16-10-36-7-13-42-3)30-51-24-20-47-26-31(38)37-25-32(39)43-4;1-31-8-4-26-6-10-34-12-14-36-19-23(20-37-15-13-35-11-7-27-5-9-32-2)21-38-16-17-39-22-24(29)28-18-25(30)33-3;1-22-8-4-18-5-9-26-11-10-24-6-3-7-25-12-13-27-15-16(20)19-14-17(21)23-2;1-3-14-4-5-15-7-8(11)10-6-9(12)13-2;3*1-3-4-5-2/h34-36H,5-30H2,1-4H3,(H,37,38);23,26-27H,4-22H2,1-3H3,(H,28,29);18H,3-15H2,1-2H3,(H,19,20);3-7H2,1-2H3,(H,10,11);3*3-4H2,1-2H3. The Hall–Kier alpha value is -5.64. The molecule has 51 nitrogen and oxygen atoms in total. The minimum Gasteiger partial charge on any atom is -0.468 e. The van der Waals surface area contributed by atoms with E-state index in [0.29, 0.717) is 251 Å².